The van der Waals surface area contributed by atoms with Crippen LogP contribution < -0.4 is 10.1 Å². The predicted octanol–water partition coefficient (Wildman–Crippen LogP) is 2.17. The van der Waals surface area contributed by atoms with Crippen molar-refractivity contribution in [1.29, 1.82) is 0 Å². The van der Waals surface area contributed by atoms with Crippen molar-refractivity contribution in [2.24, 2.45) is 0 Å². The Kier molecular flexibility index (Phi) is 3.41. The Balaban J connectivity index is 1.81. The van der Waals surface area contributed by atoms with Gasteiger partial charge in [0.05, 0.1) is 12.4 Å². The number of ether oxygens (including phenoxy) is 1. The lowest BCUT2D eigenvalue weighted by molar-refractivity contribution is 0.250. The summed E-state index contributed by atoms with van der Waals surface area (Å²) >= 11 is 3.46. The number of fused-ring (bicyclic) bond motifs is 1. The fourth-order valence-electron chi connectivity index (χ4n) is 2.48. The molecule has 0 amide bonds. The minimum absolute atomic E-state index is 0.111. The van der Waals surface area contributed by atoms with Gasteiger partial charge in [0, 0.05) is 33.9 Å². The van der Waals surface area contributed by atoms with Crippen molar-refractivity contribution < 1.29 is 13.2 Å². The third kappa shape index (κ3) is 2.85. The van der Waals surface area contributed by atoms with Gasteiger partial charge in [0.2, 0.25) is 0 Å². The zero-order valence-electron chi connectivity index (χ0n) is 10.2. The molecule has 0 fully saturated rings. The summed E-state index contributed by atoms with van der Waals surface area (Å²) in [6.07, 6.45) is 2.57. The summed E-state index contributed by atoms with van der Waals surface area (Å²) < 4.78 is 29.5. The number of hydrogen-bond acceptors (Lipinski definition) is 4. The number of halogens is 1. The van der Waals surface area contributed by atoms with Crippen LogP contribution in [0.1, 0.15) is 18.0 Å². The maximum atomic E-state index is 11.4. The molecule has 1 N–H and O–H groups in total. The second-order valence-electron chi connectivity index (χ2n) is 4.80. The highest BCUT2D eigenvalue weighted by atomic mass is 79.9. The Morgan fingerprint density at radius 3 is 2.95 bits per heavy atom. The van der Waals surface area contributed by atoms with E-state index in [9.17, 15) is 8.42 Å². The van der Waals surface area contributed by atoms with Crippen LogP contribution in [-0.2, 0) is 9.84 Å². The van der Waals surface area contributed by atoms with E-state index in [0.717, 1.165) is 22.2 Å². The SMILES string of the molecule is O=S1(=O)C=CC(NC2CCOc3ccc(Br)cc32)C1. The van der Waals surface area contributed by atoms with Crippen LogP contribution >= 0.6 is 15.9 Å². The number of nitrogens with one attached hydrogen (secondary N) is 1. The molecule has 2 atom stereocenters. The van der Waals surface area contributed by atoms with E-state index < -0.39 is 9.84 Å². The summed E-state index contributed by atoms with van der Waals surface area (Å²) in [6.45, 7) is 0.648. The Morgan fingerprint density at radius 2 is 2.21 bits per heavy atom. The average Bonchev–Trinajstić information content (AvgIpc) is 2.69. The molecule has 2 unspecified atom stereocenters. The molecule has 2 heterocycles. The minimum atomic E-state index is -3.02. The van der Waals surface area contributed by atoms with E-state index in [1.807, 2.05) is 18.2 Å². The summed E-state index contributed by atoms with van der Waals surface area (Å²) in [6, 6.07) is 5.93. The Morgan fingerprint density at radius 1 is 1.37 bits per heavy atom. The van der Waals surface area contributed by atoms with Crippen molar-refractivity contribution in [1.82, 2.24) is 5.32 Å². The van der Waals surface area contributed by atoms with Gasteiger partial charge < -0.3 is 10.1 Å². The summed E-state index contributed by atoms with van der Waals surface area (Å²) in [7, 11) is -3.02. The van der Waals surface area contributed by atoms with Crippen molar-refractivity contribution in [3.63, 3.8) is 0 Å². The topological polar surface area (TPSA) is 55.4 Å². The first-order chi connectivity index (χ1) is 9.03. The van der Waals surface area contributed by atoms with Crippen molar-refractivity contribution in [2.45, 2.75) is 18.5 Å². The second kappa shape index (κ2) is 4.92. The van der Waals surface area contributed by atoms with E-state index in [0.29, 0.717) is 6.61 Å². The Labute approximate surface area is 120 Å². The normalized spacial score (nSPS) is 27.8. The first kappa shape index (κ1) is 13.1. The lowest BCUT2D eigenvalue weighted by atomic mass is 10.00. The molecule has 0 radical (unpaired) electrons. The van der Waals surface area contributed by atoms with Crippen LogP contribution in [0.4, 0.5) is 0 Å². The number of sulfone groups is 1. The maximum Gasteiger partial charge on any atom is 0.173 e. The first-order valence-electron chi connectivity index (χ1n) is 6.13. The first-order valence-corrected chi connectivity index (χ1v) is 8.64. The molecule has 0 spiro atoms. The lowest BCUT2D eigenvalue weighted by Crippen LogP contribution is -2.36. The predicted molar refractivity (Wildman–Crippen MR) is 76.8 cm³/mol. The van der Waals surface area contributed by atoms with Gasteiger partial charge in [0.1, 0.15) is 5.75 Å². The van der Waals surface area contributed by atoms with E-state index in [4.69, 9.17) is 4.74 Å². The van der Waals surface area contributed by atoms with Gasteiger partial charge in [0.15, 0.2) is 9.84 Å². The molecule has 2 aliphatic rings. The fourth-order valence-corrected chi connectivity index (χ4v) is 4.10. The number of benzene rings is 1. The highest BCUT2D eigenvalue weighted by molar-refractivity contribution is 9.10. The van der Waals surface area contributed by atoms with Crippen molar-refractivity contribution in [3.8, 4) is 5.75 Å². The van der Waals surface area contributed by atoms with Crippen LogP contribution in [0.25, 0.3) is 0 Å². The zero-order chi connectivity index (χ0) is 13.5. The summed E-state index contributed by atoms with van der Waals surface area (Å²) in [4.78, 5) is 0. The Bertz CT molecular complexity index is 627. The van der Waals surface area contributed by atoms with Crippen LogP contribution in [0.15, 0.2) is 34.2 Å². The van der Waals surface area contributed by atoms with E-state index in [-0.39, 0.29) is 17.8 Å². The molecule has 2 aliphatic heterocycles. The smallest absolute Gasteiger partial charge is 0.173 e. The average molecular weight is 344 g/mol. The van der Waals surface area contributed by atoms with Gasteiger partial charge in [-0.1, -0.05) is 22.0 Å². The molecule has 0 bridgehead atoms. The molecule has 102 valence electrons. The monoisotopic (exact) mass is 343 g/mol. The van der Waals surface area contributed by atoms with Crippen LogP contribution in [-0.4, -0.2) is 26.8 Å². The second-order valence-corrected chi connectivity index (χ2v) is 7.65. The molecule has 6 heteroatoms. The molecule has 0 aromatic heterocycles. The third-order valence-corrected chi connectivity index (χ3v) is 5.25. The van der Waals surface area contributed by atoms with Gasteiger partial charge in [-0.05, 0) is 18.2 Å². The van der Waals surface area contributed by atoms with E-state index >= 15 is 0 Å². The highest BCUT2D eigenvalue weighted by Crippen LogP contribution is 2.34. The van der Waals surface area contributed by atoms with Crippen LogP contribution in [0.3, 0.4) is 0 Å². The highest BCUT2D eigenvalue weighted by Gasteiger charge is 2.27. The summed E-state index contributed by atoms with van der Waals surface area (Å²) in [5, 5.41) is 4.69. The quantitative estimate of drug-likeness (QED) is 0.894. The molecule has 4 nitrogen and oxygen atoms in total. The number of rotatable bonds is 2. The Hall–Kier alpha value is -0.850. The zero-order valence-corrected chi connectivity index (χ0v) is 12.6. The number of hydrogen-bond donors (Lipinski definition) is 1. The molecular weight excluding hydrogens is 330 g/mol. The van der Waals surface area contributed by atoms with Crippen molar-refractivity contribution >= 4 is 25.8 Å². The van der Waals surface area contributed by atoms with Gasteiger partial charge in [-0.2, -0.15) is 0 Å². The van der Waals surface area contributed by atoms with Gasteiger partial charge in [-0.25, -0.2) is 8.42 Å². The lowest BCUT2D eigenvalue weighted by Gasteiger charge is -2.28. The standard InChI is InChI=1S/C13H14BrNO3S/c14-9-1-2-13-11(7-9)12(3-5-18-13)15-10-4-6-19(16,17)8-10/h1-2,4,6-7,10,12,15H,3,5,8H2. The summed E-state index contributed by atoms with van der Waals surface area (Å²) in [5.41, 5.74) is 1.08. The molecular formula is C13H14BrNO3S. The van der Waals surface area contributed by atoms with Crippen molar-refractivity contribution in [3.05, 3.63) is 39.7 Å². The van der Waals surface area contributed by atoms with Gasteiger partial charge >= 0.3 is 0 Å². The van der Waals surface area contributed by atoms with E-state index in [1.54, 1.807) is 6.08 Å². The van der Waals surface area contributed by atoms with Crippen LogP contribution in [0.2, 0.25) is 0 Å². The van der Waals surface area contributed by atoms with Gasteiger partial charge in [-0.3, -0.25) is 0 Å². The van der Waals surface area contributed by atoms with E-state index in [2.05, 4.69) is 21.2 Å². The molecule has 0 aliphatic carbocycles. The van der Waals surface area contributed by atoms with Crippen molar-refractivity contribution in [2.75, 3.05) is 12.4 Å². The molecule has 1 aromatic carbocycles. The molecule has 1 aromatic rings. The minimum Gasteiger partial charge on any atom is -0.493 e. The van der Waals surface area contributed by atoms with Gasteiger partial charge in [-0.15, -0.1) is 0 Å². The third-order valence-electron chi connectivity index (χ3n) is 3.36. The van der Waals surface area contributed by atoms with Gasteiger partial charge in [0.25, 0.3) is 0 Å². The molecule has 0 saturated carbocycles. The van der Waals surface area contributed by atoms with Crippen LogP contribution in [0, 0.1) is 0 Å². The molecule has 19 heavy (non-hydrogen) atoms. The summed E-state index contributed by atoms with van der Waals surface area (Å²) in [5.74, 6) is 1.02. The fraction of sp³-hybridized carbons (Fsp3) is 0.385. The molecule has 3 rings (SSSR count). The molecule has 0 saturated heterocycles. The maximum absolute atomic E-state index is 11.4. The largest absolute Gasteiger partial charge is 0.493 e. The van der Waals surface area contributed by atoms with Crippen LogP contribution in [0.5, 0.6) is 5.75 Å². The van der Waals surface area contributed by atoms with E-state index in [1.165, 1.54) is 5.41 Å².